The molecule has 5 nitrogen and oxygen atoms in total. The van der Waals surface area contributed by atoms with Crippen molar-refractivity contribution in [3.05, 3.63) is 48.2 Å². The van der Waals surface area contributed by atoms with E-state index in [9.17, 15) is 4.39 Å². The summed E-state index contributed by atoms with van der Waals surface area (Å²) < 4.78 is 25.0. The fraction of sp³-hybridized carbons (Fsp3) is 0.286. The van der Waals surface area contributed by atoms with Crippen LogP contribution in [-0.4, -0.2) is 29.7 Å². The standard InChI is InChI=1S/C14H14FN3O2/c15-12-2-1-10(20-14-3-4-17-9-18-14)7-11(12)13-8-16-5-6-19-13/h1-4,7,9,13,16H,5-6,8H2/t13-/m0/s1. The Morgan fingerprint density at radius 3 is 3.05 bits per heavy atom. The Balaban J connectivity index is 1.82. The fourth-order valence-electron chi connectivity index (χ4n) is 2.06. The van der Waals surface area contributed by atoms with Crippen LogP contribution in [0, 0.1) is 5.82 Å². The quantitative estimate of drug-likeness (QED) is 0.929. The maximum atomic E-state index is 13.9. The molecule has 6 heteroatoms. The summed E-state index contributed by atoms with van der Waals surface area (Å²) in [6.07, 6.45) is 2.69. The van der Waals surface area contributed by atoms with Gasteiger partial charge in [0.25, 0.3) is 0 Å². The number of hydrogen-bond acceptors (Lipinski definition) is 5. The number of halogens is 1. The van der Waals surface area contributed by atoms with Gasteiger partial charge in [0.15, 0.2) is 0 Å². The zero-order chi connectivity index (χ0) is 13.8. The van der Waals surface area contributed by atoms with Crippen molar-refractivity contribution in [1.82, 2.24) is 15.3 Å². The van der Waals surface area contributed by atoms with Crippen molar-refractivity contribution in [2.45, 2.75) is 6.10 Å². The molecule has 0 spiro atoms. The van der Waals surface area contributed by atoms with Gasteiger partial charge in [0.1, 0.15) is 17.9 Å². The number of rotatable bonds is 3. The molecule has 2 aromatic rings. The van der Waals surface area contributed by atoms with Gasteiger partial charge in [-0.15, -0.1) is 0 Å². The minimum Gasteiger partial charge on any atom is -0.439 e. The lowest BCUT2D eigenvalue weighted by Gasteiger charge is -2.24. The van der Waals surface area contributed by atoms with E-state index in [1.165, 1.54) is 12.4 Å². The Bertz CT molecular complexity index is 574. The average Bonchev–Trinajstić information content (AvgIpc) is 2.51. The second-order valence-corrected chi connectivity index (χ2v) is 4.40. The van der Waals surface area contributed by atoms with Crippen LogP contribution in [0.2, 0.25) is 0 Å². The highest BCUT2D eigenvalue weighted by atomic mass is 19.1. The molecule has 0 amide bonds. The van der Waals surface area contributed by atoms with Crippen molar-refractivity contribution < 1.29 is 13.9 Å². The van der Waals surface area contributed by atoms with Gasteiger partial charge in [0.2, 0.25) is 5.88 Å². The number of nitrogens with one attached hydrogen (secondary N) is 1. The van der Waals surface area contributed by atoms with Crippen molar-refractivity contribution in [1.29, 1.82) is 0 Å². The van der Waals surface area contributed by atoms with Crippen LogP contribution >= 0.6 is 0 Å². The zero-order valence-corrected chi connectivity index (χ0v) is 10.8. The highest BCUT2D eigenvalue weighted by Gasteiger charge is 2.20. The summed E-state index contributed by atoms with van der Waals surface area (Å²) in [7, 11) is 0. The molecular weight excluding hydrogens is 261 g/mol. The molecule has 0 bridgehead atoms. The maximum absolute atomic E-state index is 13.9. The number of nitrogens with zero attached hydrogens (tertiary/aromatic N) is 2. The lowest BCUT2D eigenvalue weighted by atomic mass is 10.1. The molecule has 104 valence electrons. The first-order valence-corrected chi connectivity index (χ1v) is 6.38. The summed E-state index contributed by atoms with van der Waals surface area (Å²) in [4.78, 5) is 7.78. The molecule has 20 heavy (non-hydrogen) atoms. The van der Waals surface area contributed by atoms with E-state index >= 15 is 0 Å². The summed E-state index contributed by atoms with van der Waals surface area (Å²) in [6, 6.07) is 6.23. The van der Waals surface area contributed by atoms with Gasteiger partial charge in [0.05, 0.1) is 12.7 Å². The van der Waals surface area contributed by atoms with Crippen LogP contribution < -0.4 is 10.1 Å². The molecule has 1 fully saturated rings. The molecule has 0 saturated carbocycles. The molecule has 1 aliphatic rings. The van der Waals surface area contributed by atoms with Crippen LogP contribution in [0.5, 0.6) is 11.6 Å². The van der Waals surface area contributed by atoms with Crippen molar-refractivity contribution in [3.63, 3.8) is 0 Å². The van der Waals surface area contributed by atoms with Crippen molar-refractivity contribution in [3.8, 4) is 11.6 Å². The Morgan fingerprint density at radius 1 is 1.35 bits per heavy atom. The Hall–Kier alpha value is -2.05. The van der Waals surface area contributed by atoms with Gasteiger partial charge in [-0.25, -0.2) is 14.4 Å². The summed E-state index contributed by atoms with van der Waals surface area (Å²) in [6.45, 7) is 1.95. The topological polar surface area (TPSA) is 56.3 Å². The van der Waals surface area contributed by atoms with E-state index < -0.39 is 0 Å². The van der Waals surface area contributed by atoms with Crippen LogP contribution in [0.3, 0.4) is 0 Å². The molecule has 1 aliphatic heterocycles. The molecule has 1 saturated heterocycles. The fourth-order valence-corrected chi connectivity index (χ4v) is 2.06. The highest BCUT2D eigenvalue weighted by molar-refractivity contribution is 5.34. The van der Waals surface area contributed by atoms with E-state index in [-0.39, 0.29) is 11.9 Å². The highest BCUT2D eigenvalue weighted by Crippen LogP contribution is 2.28. The van der Waals surface area contributed by atoms with Crippen LogP contribution in [0.25, 0.3) is 0 Å². The summed E-state index contributed by atoms with van der Waals surface area (Å²) in [5, 5.41) is 3.18. The zero-order valence-electron chi connectivity index (χ0n) is 10.8. The number of hydrogen-bond donors (Lipinski definition) is 1. The predicted octanol–water partition coefficient (Wildman–Crippen LogP) is 2.07. The summed E-state index contributed by atoms with van der Waals surface area (Å²) >= 11 is 0. The first-order valence-electron chi connectivity index (χ1n) is 6.38. The van der Waals surface area contributed by atoms with E-state index in [0.29, 0.717) is 30.3 Å². The molecule has 2 heterocycles. The molecule has 0 aliphatic carbocycles. The minimum atomic E-state index is -0.297. The Kier molecular flexibility index (Phi) is 3.85. The lowest BCUT2D eigenvalue weighted by molar-refractivity contribution is 0.0254. The Morgan fingerprint density at radius 2 is 2.30 bits per heavy atom. The second-order valence-electron chi connectivity index (χ2n) is 4.40. The number of ether oxygens (including phenoxy) is 2. The van der Waals surface area contributed by atoms with Gasteiger partial charge in [-0.05, 0) is 18.2 Å². The van der Waals surface area contributed by atoms with Gasteiger partial charge >= 0.3 is 0 Å². The first-order chi connectivity index (χ1) is 9.83. The molecule has 1 atom stereocenters. The van der Waals surface area contributed by atoms with Gasteiger partial charge in [-0.1, -0.05) is 0 Å². The molecule has 3 rings (SSSR count). The summed E-state index contributed by atoms with van der Waals surface area (Å²) in [5.74, 6) is 0.642. The normalized spacial score (nSPS) is 18.8. The van der Waals surface area contributed by atoms with Gasteiger partial charge in [0, 0.05) is 30.9 Å². The largest absolute Gasteiger partial charge is 0.439 e. The first kappa shape index (κ1) is 13.0. The van der Waals surface area contributed by atoms with Crippen LogP contribution in [0.4, 0.5) is 4.39 Å². The molecule has 1 aromatic carbocycles. The van der Waals surface area contributed by atoms with E-state index in [0.717, 1.165) is 6.54 Å². The average molecular weight is 275 g/mol. The van der Waals surface area contributed by atoms with E-state index in [2.05, 4.69) is 15.3 Å². The SMILES string of the molecule is Fc1ccc(Oc2ccncn2)cc1[C@@H]1CNCCO1. The third-order valence-electron chi connectivity index (χ3n) is 3.02. The molecule has 0 unspecified atom stereocenters. The number of morpholine rings is 1. The van der Waals surface area contributed by atoms with E-state index in [4.69, 9.17) is 9.47 Å². The monoisotopic (exact) mass is 275 g/mol. The van der Waals surface area contributed by atoms with Crippen molar-refractivity contribution in [2.75, 3.05) is 19.7 Å². The van der Waals surface area contributed by atoms with E-state index in [1.54, 1.807) is 24.4 Å². The molecular formula is C14H14FN3O2. The van der Waals surface area contributed by atoms with Crippen LogP contribution in [0.15, 0.2) is 36.8 Å². The third-order valence-corrected chi connectivity index (χ3v) is 3.02. The third kappa shape index (κ3) is 2.92. The van der Waals surface area contributed by atoms with Gasteiger partial charge in [-0.3, -0.25) is 0 Å². The second kappa shape index (κ2) is 5.94. The molecule has 1 N–H and O–H groups in total. The van der Waals surface area contributed by atoms with E-state index in [1.807, 2.05) is 0 Å². The van der Waals surface area contributed by atoms with Gasteiger partial charge < -0.3 is 14.8 Å². The van der Waals surface area contributed by atoms with Gasteiger partial charge in [-0.2, -0.15) is 0 Å². The van der Waals surface area contributed by atoms with Crippen LogP contribution in [0.1, 0.15) is 11.7 Å². The predicted molar refractivity (Wildman–Crippen MR) is 70.1 cm³/mol. The summed E-state index contributed by atoms with van der Waals surface area (Å²) in [5.41, 5.74) is 0.490. The van der Waals surface area contributed by atoms with Crippen LogP contribution in [-0.2, 0) is 4.74 Å². The minimum absolute atomic E-state index is 0.294. The Labute approximate surface area is 115 Å². The molecule has 1 aromatic heterocycles. The maximum Gasteiger partial charge on any atom is 0.222 e. The number of aromatic nitrogens is 2. The van der Waals surface area contributed by atoms with Crippen molar-refractivity contribution in [2.24, 2.45) is 0 Å². The lowest BCUT2D eigenvalue weighted by Crippen LogP contribution is -2.33. The van der Waals surface area contributed by atoms with Crippen molar-refractivity contribution >= 4 is 0 Å². The smallest absolute Gasteiger partial charge is 0.222 e. The molecule has 0 radical (unpaired) electrons. The number of benzene rings is 1.